The lowest BCUT2D eigenvalue weighted by Crippen LogP contribution is -2.14. The van der Waals surface area contributed by atoms with Crippen LogP contribution in [0.2, 0.25) is 15.1 Å². The number of nitrogen functional groups attached to an aromatic ring is 1. The largest absolute Gasteiger partial charge is 0.397 e. The van der Waals surface area contributed by atoms with Gasteiger partial charge in [-0.25, -0.2) is 0 Å². The second kappa shape index (κ2) is 5.70. The number of anilines is 2. The molecule has 19 heavy (non-hydrogen) atoms. The third kappa shape index (κ3) is 3.13. The molecule has 3 N–H and O–H groups in total. The van der Waals surface area contributed by atoms with Crippen molar-refractivity contribution in [3.8, 4) is 0 Å². The first kappa shape index (κ1) is 14.0. The van der Waals surface area contributed by atoms with Crippen LogP contribution in [-0.2, 0) is 0 Å². The van der Waals surface area contributed by atoms with Crippen LogP contribution in [0.25, 0.3) is 0 Å². The number of carbonyl (C=O) groups excluding carboxylic acids is 1. The molecule has 2 rings (SSSR count). The van der Waals surface area contributed by atoms with Crippen LogP contribution < -0.4 is 11.1 Å². The molecule has 2 aromatic carbocycles. The van der Waals surface area contributed by atoms with Gasteiger partial charge >= 0.3 is 0 Å². The van der Waals surface area contributed by atoms with Crippen molar-refractivity contribution < 1.29 is 4.79 Å². The second-order valence-electron chi connectivity index (χ2n) is 3.78. The maximum Gasteiger partial charge on any atom is 0.258 e. The van der Waals surface area contributed by atoms with Gasteiger partial charge in [0.05, 0.1) is 27.0 Å². The summed E-state index contributed by atoms with van der Waals surface area (Å²) >= 11 is 17.8. The van der Waals surface area contributed by atoms with Gasteiger partial charge in [0, 0.05) is 5.02 Å². The Bertz CT molecular complexity index is 624. The van der Waals surface area contributed by atoms with Crippen LogP contribution in [0, 0.1) is 0 Å². The highest BCUT2D eigenvalue weighted by Crippen LogP contribution is 2.27. The van der Waals surface area contributed by atoms with Gasteiger partial charge in [0.2, 0.25) is 0 Å². The Balaban J connectivity index is 2.34. The molecule has 0 saturated carbocycles. The topological polar surface area (TPSA) is 55.1 Å². The lowest BCUT2D eigenvalue weighted by Gasteiger charge is -2.10. The zero-order chi connectivity index (χ0) is 14.0. The van der Waals surface area contributed by atoms with Crippen LogP contribution in [0.1, 0.15) is 10.4 Å². The SMILES string of the molecule is Nc1ccc(Cl)cc1NC(=O)c1c(Cl)cccc1Cl. The average molecular weight is 316 g/mol. The molecule has 0 heterocycles. The number of amides is 1. The molecular weight excluding hydrogens is 307 g/mol. The molecule has 0 aliphatic rings. The van der Waals surface area contributed by atoms with Gasteiger partial charge in [-0.3, -0.25) is 4.79 Å². The van der Waals surface area contributed by atoms with Gasteiger partial charge in [0.15, 0.2) is 0 Å². The van der Waals surface area contributed by atoms with Crippen LogP contribution in [-0.4, -0.2) is 5.91 Å². The quantitative estimate of drug-likeness (QED) is 0.803. The third-order valence-electron chi connectivity index (χ3n) is 2.45. The average Bonchev–Trinajstić information content (AvgIpc) is 2.33. The first-order chi connectivity index (χ1) is 8.99. The van der Waals surface area contributed by atoms with Crippen molar-refractivity contribution in [2.75, 3.05) is 11.1 Å². The van der Waals surface area contributed by atoms with Crippen LogP contribution in [0.4, 0.5) is 11.4 Å². The standard InChI is InChI=1S/C13H9Cl3N2O/c14-7-4-5-10(17)11(6-7)18-13(19)12-8(15)2-1-3-9(12)16/h1-6H,17H2,(H,18,19). The number of carbonyl (C=O) groups is 1. The Morgan fingerprint density at radius 2 is 1.68 bits per heavy atom. The van der Waals surface area contributed by atoms with Crippen molar-refractivity contribution >= 4 is 52.1 Å². The van der Waals surface area contributed by atoms with E-state index in [0.29, 0.717) is 16.4 Å². The molecule has 0 atom stereocenters. The minimum Gasteiger partial charge on any atom is -0.397 e. The van der Waals surface area contributed by atoms with E-state index < -0.39 is 5.91 Å². The van der Waals surface area contributed by atoms with Crippen LogP contribution in [0.15, 0.2) is 36.4 Å². The third-order valence-corrected chi connectivity index (χ3v) is 3.32. The summed E-state index contributed by atoms with van der Waals surface area (Å²) in [6, 6.07) is 9.63. The van der Waals surface area contributed by atoms with Crippen LogP contribution in [0.3, 0.4) is 0 Å². The highest BCUT2D eigenvalue weighted by molar-refractivity contribution is 6.40. The van der Waals surface area contributed by atoms with E-state index in [4.69, 9.17) is 40.5 Å². The zero-order valence-electron chi connectivity index (χ0n) is 9.58. The normalized spacial score (nSPS) is 10.3. The summed E-state index contributed by atoms with van der Waals surface area (Å²) in [5.74, 6) is -0.440. The van der Waals surface area contributed by atoms with E-state index in [0.717, 1.165) is 0 Å². The number of hydrogen-bond acceptors (Lipinski definition) is 2. The van der Waals surface area contributed by atoms with E-state index in [1.165, 1.54) is 0 Å². The van der Waals surface area contributed by atoms with Gasteiger partial charge in [-0.2, -0.15) is 0 Å². The molecule has 98 valence electrons. The van der Waals surface area contributed by atoms with Crippen molar-refractivity contribution in [3.05, 3.63) is 57.0 Å². The molecule has 0 radical (unpaired) electrons. The van der Waals surface area contributed by atoms with E-state index in [-0.39, 0.29) is 15.6 Å². The monoisotopic (exact) mass is 314 g/mol. The van der Waals surface area contributed by atoms with Gasteiger partial charge in [-0.15, -0.1) is 0 Å². The van der Waals surface area contributed by atoms with Gasteiger partial charge in [-0.05, 0) is 30.3 Å². The first-order valence-electron chi connectivity index (χ1n) is 5.29. The smallest absolute Gasteiger partial charge is 0.258 e. The van der Waals surface area contributed by atoms with Crippen molar-refractivity contribution in [1.29, 1.82) is 0 Å². The highest BCUT2D eigenvalue weighted by atomic mass is 35.5. The summed E-state index contributed by atoms with van der Waals surface area (Å²) in [6.07, 6.45) is 0. The van der Waals surface area contributed by atoms with E-state index >= 15 is 0 Å². The molecule has 6 heteroatoms. The van der Waals surface area contributed by atoms with Crippen molar-refractivity contribution in [2.45, 2.75) is 0 Å². The van der Waals surface area contributed by atoms with Gasteiger partial charge < -0.3 is 11.1 Å². The Morgan fingerprint density at radius 1 is 1.05 bits per heavy atom. The first-order valence-corrected chi connectivity index (χ1v) is 6.43. The Kier molecular flexibility index (Phi) is 4.20. The summed E-state index contributed by atoms with van der Waals surface area (Å²) in [7, 11) is 0. The molecule has 0 saturated heterocycles. The predicted molar refractivity (Wildman–Crippen MR) is 80.3 cm³/mol. The number of nitrogens with one attached hydrogen (secondary N) is 1. The molecule has 1 amide bonds. The Morgan fingerprint density at radius 3 is 2.32 bits per heavy atom. The lowest BCUT2D eigenvalue weighted by molar-refractivity contribution is 0.102. The van der Waals surface area contributed by atoms with Crippen molar-refractivity contribution in [2.24, 2.45) is 0 Å². The molecule has 0 aliphatic carbocycles. The molecular formula is C13H9Cl3N2O. The summed E-state index contributed by atoms with van der Waals surface area (Å²) < 4.78 is 0. The lowest BCUT2D eigenvalue weighted by atomic mass is 10.2. The van der Waals surface area contributed by atoms with Gasteiger partial charge in [0.1, 0.15) is 0 Å². The fraction of sp³-hybridized carbons (Fsp3) is 0. The maximum absolute atomic E-state index is 12.1. The fourth-order valence-corrected chi connectivity index (χ4v) is 2.28. The summed E-state index contributed by atoms with van der Waals surface area (Å²) in [5.41, 5.74) is 6.77. The minimum absolute atomic E-state index is 0.199. The summed E-state index contributed by atoms with van der Waals surface area (Å²) in [4.78, 5) is 12.1. The molecule has 0 aliphatic heterocycles. The molecule has 0 aromatic heterocycles. The number of benzene rings is 2. The Hall–Kier alpha value is -1.42. The van der Waals surface area contributed by atoms with Crippen LogP contribution in [0.5, 0.6) is 0 Å². The molecule has 3 nitrogen and oxygen atoms in total. The summed E-state index contributed by atoms with van der Waals surface area (Å²) in [5, 5.41) is 3.64. The molecule has 0 bridgehead atoms. The van der Waals surface area contributed by atoms with E-state index in [2.05, 4.69) is 5.32 Å². The molecule has 0 unspecified atom stereocenters. The fourth-order valence-electron chi connectivity index (χ4n) is 1.54. The van der Waals surface area contributed by atoms with Gasteiger partial charge in [0.25, 0.3) is 5.91 Å². The van der Waals surface area contributed by atoms with E-state index in [1.54, 1.807) is 36.4 Å². The predicted octanol–water partition coefficient (Wildman–Crippen LogP) is 4.48. The molecule has 2 aromatic rings. The maximum atomic E-state index is 12.1. The second-order valence-corrected chi connectivity index (χ2v) is 5.03. The van der Waals surface area contributed by atoms with Gasteiger partial charge in [-0.1, -0.05) is 40.9 Å². The van der Waals surface area contributed by atoms with Crippen molar-refractivity contribution in [1.82, 2.24) is 0 Å². The van der Waals surface area contributed by atoms with Crippen LogP contribution >= 0.6 is 34.8 Å². The van der Waals surface area contributed by atoms with Crippen molar-refractivity contribution in [3.63, 3.8) is 0 Å². The minimum atomic E-state index is -0.440. The van der Waals surface area contributed by atoms with E-state index in [9.17, 15) is 4.79 Å². The molecule has 0 fully saturated rings. The summed E-state index contributed by atoms with van der Waals surface area (Å²) in [6.45, 7) is 0. The van der Waals surface area contributed by atoms with E-state index in [1.807, 2.05) is 0 Å². The number of nitrogens with two attached hydrogens (primary N) is 1. The zero-order valence-corrected chi connectivity index (χ0v) is 11.9. The number of hydrogen-bond donors (Lipinski definition) is 2. The highest BCUT2D eigenvalue weighted by Gasteiger charge is 2.15. The molecule has 0 spiro atoms. The Labute approximate surface area is 125 Å². The number of rotatable bonds is 2. The number of halogens is 3.